The predicted molar refractivity (Wildman–Crippen MR) is 150 cm³/mol. The molecule has 0 radical (unpaired) electrons. The molecule has 0 aliphatic carbocycles. The van der Waals surface area contributed by atoms with Gasteiger partial charge in [-0.3, -0.25) is 4.79 Å². The highest BCUT2D eigenvalue weighted by Crippen LogP contribution is 2.26. The van der Waals surface area contributed by atoms with E-state index in [1.807, 2.05) is 30.3 Å². The van der Waals surface area contributed by atoms with Crippen LogP contribution in [-0.2, 0) is 14.8 Å². The van der Waals surface area contributed by atoms with Gasteiger partial charge in [-0.15, -0.1) is 0 Å². The van der Waals surface area contributed by atoms with Gasteiger partial charge in [0.15, 0.2) is 0 Å². The molecule has 3 aromatic carbocycles. The van der Waals surface area contributed by atoms with Gasteiger partial charge in [0.05, 0.1) is 16.3 Å². The van der Waals surface area contributed by atoms with Gasteiger partial charge in [-0.05, 0) is 85.5 Å². The van der Waals surface area contributed by atoms with Crippen molar-refractivity contribution in [3.05, 3.63) is 103 Å². The zero-order valence-electron chi connectivity index (χ0n) is 21.5. The largest absolute Gasteiger partial charge is 0.323 e. The van der Waals surface area contributed by atoms with Gasteiger partial charge in [0.2, 0.25) is 15.9 Å². The molecule has 9 heteroatoms. The molecule has 2 heterocycles. The number of rotatable bonds is 7. The van der Waals surface area contributed by atoms with E-state index >= 15 is 0 Å². The van der Waals surface area contributed by atoms with Crippen molar-refractivity contribution in [2.75, 3.05) is 18.4 Å². The maximum Gasteiger partial charge on any atom is 0.248 e. The first-order chi connectivity index (χ1) is 18.8. The lowest BCUT2D eigenvalue weighted by molar-refractivity contribution is -0.111. The zero-order chi connectivity index (χ0) is 27.4. The molecule has 39 heavy (non-hydrogen) atoms. The highest BCUT2D eigenvalue weighted by molar-refractivity contribution is 7.89. The van der Waals surface area contributed by atoms with E-state index in [4.69, 9.17) is 0 Å². The van der Waals surface area contributed by atoms with Crippen molar-refractivity contribution in [3.8, 4) is 16.9 Å². The van der Waals surface area contributed by atoms with Crippen molar-refractivity contribution in [3.63, 3.8) is 0 Å². The summed E-state index contributed by atoms with van der Waals surface area (Å²) in [7, 11) is -3.57. The molecule has 5 rings (SSSR count). The Morgan fingerprint density at radius 2 is 1.74 bits per heavy atom. The molecule has 1 N–H and O–H groups in total. The molecule has 1 aliphatic rings. The molecule has 4 aromatic rings. The van der Waals surface area contributed by atoms with Crippen LogP contribution in [0.2, 0.25) is 0 Å². The van der Waals surface area contributed by atoms with Crippen molar-refractivity contribution in [1.29, 1.82) is 0 Å². The van der Waals surface area contributed by atoms with Crippen LogP contribution in [0.3, 0.4) is 0 Å². The molecule has 1 unspecified atom stereocenters. The van der Waals surface area contributed by atoms with E-state index in [0.29, 0.717) is 41.5 Å². The monoisotopic (exact) mass is 544 g/mol. The first kappa shape index (κ1) is 26.5. The smallest absolute Gasteiger partial charge is 0.248 e. The number of hydrogen-bond donors (Lipinski definition) is 1. The van der Waals surface area contributed by atoms with E-state index in [0.717, 1.165) is 18.5 Å². The molecule has 1 saturated heterocycles. The van der Waals surface area contributed by atoms with Crippen molar-refractivity contribution < 1.29 is 17.6 Å². The van der Waals surface area contributed by atoms with E-state index in [1.165, 1.54) is 34.6 Å². The third-order valence-corrected chi connectivity index (χ3v) is 8.55. The number of carbonyl (C=O) groups is 1. The quantitative estimate of drug-likeness (QED) is 0.300. The van der Waals surface area contributed by atoms with Gasteiger partial charge < -0.3 is 5.32 Å². The normalized spacial score (nSPS) is 16.4. The van der Waals surface area contributed by atoms with Crippen LogP contribution in [0.4, 0.5) is 10.1 Å². The van der Waals surface area contributed by atoms with Crippen LogP contribution < -0.4 is 5.32 Å². The Bertz CT molecular complexity index is 1580. The average molecular weight is 545 g/mol. The Hall–Kier alpha value is -4.08. The summed E-state index contributed by atoms with van der Waals surface area (Å²) in [5.74, 6) is -0.391. The SMILES string of the molecule is CC1CCCN(S(=O)(=O)c2ccc(NC(=O)C=Cc3cn(-c4ccccc4)nc3-c3ccc(F)cc3)cc2)C1. The van der Waals surface area contributed by atoms with Crippen molar-refractivity contribution >= 4 is 27.7 Å². The highest BCUT2D eigenvalue weighted by Gasteiger charge is 2.28. The fourth-order valence-electron chi connectivity index (χ4n) is 4.63. The summed E-state index contributed by atoms with van der Waals surface area (Å²) < 4.78 is 42.7. The fraction of sp³-hybridized carbons (Fsp3) is 0.200. The lowest BCUT2D eigenvalue weighted by Gasteiger charge is -2.30. The van der Waals surface area contributed by atoms with Crippen molar-refractivity contribution in [2.45, 2.75) is 24.7 Å². The summed E-state index contributed by atoms with van der Waals surface area (Å²) in [6.07, 6.45) is 6.73. The van der Waals surface area contributed by atoms with Crippen LogP contribution in [0.1, 0.15) is 25.3 Å². The third kappa shape index (κ3) is 6.16. The maximum atomic E-state index is 13.5. The maximum absolute atomic E-state index is 13.5. The predicted octanol–water partition coefficient (Wildman–Crippen LogP) is 5.75. The number of hydrogen-bond acceptors (Lipinski definition) is 4. The first-order valence-corrected chi connectivity index (χ1v) is 14.2. The van der Waals surface area contributed by atoms with Gasteiger partial charge in [-0.25, -0.2) is 17.5 Å². The molecular weight excluding hydrogens is 515 g/mol. The van der Waals surface area contributed by atoms with Crippen molar-refractivity contribution in [2.24, 2.45) is 5.92 Å². The topological polar surface area (TPSA) is 84.3 Å². The number of amides is 1. The lowest BCUT2D eigenvalue weighted by atomic mass is 10.0. The Morgan fingerprint density at radius 3 is 2.44 bits per heavy atom. The van der Waals surface area contributed by atoms with Gasteiger partial charge >= 0.3 is 0 Å². The van der Waals surface area contributed by atoms with Gasteiger partial charge in [0.1, 0.15) is 5.82 Å². The number of para-hydroxylation sites is 1. The summed E-state index contributed by atoms with van der Waals surface area (Å²) in [4.78, 5) is 12.9. The fourth-order valence-corrected chi connectivity index (χ4v) is 6.23. The minimum Gasteiger partial charge on any atom is -0.323 e. The molecule has 200 valence electrons. The number of nitrogens with zero attached hydrogens (tertiary/aromatic N) is 3. The lowest BCUT2D eigenvalue weighted by Crippen LogP contribution is -2.39. The van der Waals surface area contributed by atoms with Gasteiger partial charge in [0.25, 0.3) is 0 Å². The molecule has 1 aliphatic heterocycles. The number of benzene rings is 3. The Morgan fingerprint density at radius 1 is 1.03 bits per heavy atom. The van der Waals surface area contributed by atoms with Gasteiger partial charge in [-0.1, -0.05) is 25.1 Å². The number of sulfonamides is 1. The first-order valence-electron chi connectivity index (χ1n) is 12.8. The second-order valence-electron chi connectivity index (χ2n) is 9.68. The highest BCUT2D eigenvalue weighted by atomic mass is 32.2. The number of halogens is 1. The number of aromatic nitrogens is 2. The molecule has 0 saturated carbocycles. The number of nitrogens with one attached hydrogen (secondary N) is 1. The molecule has 0 bridgehead atoms. The van der Waals surface area contributed by atoms with Crippen molar-refractivity contribution in [1.82, 2.24) is 14.1 Å². The summed E-state index contributed by atoms with van der Waals surface area (Å²) in [5.41, 5.74) is 3.32. The number of anilines is 1. The molecule has 7 nitrogen and oxygen atoms in total. The summed E-state index contributed by atoms with van der Waals surface area (Å²) >= 11 is 0. The third-order valence-electron chi connectivity index (χ3n) is 6.67. The van der Waals surface area contributed by atoms with E-state index < -0.39 is 10.0 Å². The molecular formula is C30H29FN4O3S. The Balaban J connectivity index is 1.32. The van der Waals surface area contributed by atoms with Crippen LogP contribution in [0.25, 0.3) is 23.0 Å². The van der Waals surface area contributed by atoms with E-state index in [1.54, 1.807) is 41.2 Å². The number of piperidine rings is 1. The van der Waals surface area contributed by atoms with Crippen LogP contribution in [0.15, 0.2) is 96.0 Å². The minimum atomic E-state index is -3.57. The molecule has 1 fully saturated rings. The van der Waals surface area contributed by atoms with Gasteiger partial charge in [0, 0.05) is 42.2 Å². The second kappa shape index (κ2) is 11.3. The standard InChI is InChI=1S/C30H29FN4O3S/c1-22-6-5-19-34(20-22)39(37,38)28-16-14-26(15-17-28)32-29(36)18-11-24-21-35(27-7-3-2-4-8-27)33-30(24)23-9-12-25(31)13-10-23/h2-4,7-18,21-22H,5-6,19-20H2,1H3,(H,32,36). The number of carbonyl (C=O) groups excluding carboxylic acids is 1. The summed E-state index contributed by atoms with van der Waals surface area (Å²) in [6.45, 7) is 3.10. The molecule has 0 spiro atoms. The second-order valence-corrected chi connectivity index (χ2v) is 11.6. The van der Waals surface area contributed by atoms with Gasteiger partial charge in [-0.2, -0.15) is 9.40 Å². The minimum absolute atomic E-state index is 0.211. The average Bonchev–Trinajstić information content (AvgIpc) is 3.37. The summed E-state index contributed by atoms with van der Waals surface area (Å²) in [5, 5.41) is 7.44. The molecule has 1 aromatic heterocycles. The Kier molecular flexibility index (Phi) is 7.72. The van der Waals surface area contributed by atoms with E-state index in [9.17, 15) is 17.6 Å². The molecule has 1 atom stereocenters. The Labute approximate surface area is 227 Å². The zero-order valence-corrected chi connectivity index (χ0v) is 22.3. The summed E-state index contributed by atoms with van der Waals surface area (Å²) in [6, 6.07) is 21.8. The molecule has 1 amide bonds. The van der Waals surface area contributed by atoms with E-state index in [2.05, 4.69) is 17.3 Å². The van der Waals surface area contributed by atoms with E-state index in [-0.39, 0.29) is 16.6 Å². The van der Waals surface area contributed by atoms with Crippen LogP contribution >= 0.6 is 0 Å². The van der Waals surface area contributed by atoms with Crippen LogP contribution in [0, 0.1) is 11.7 Å². The van der Waals surface area contributed by atoms with Crippen LogP contribution in [0.5, 0.6) is 0 Å². The van der Waals surface area contributed by atoms with Crippen LogP contribution in [-0.4, -0.2) is 41.5 Å².